The lowest BCUT2D eigenvalue weighted by molar-refractivity contribution is -0.0166. The summed E-state index contributed by atoms with van der Waals surface area (Å²) >= 11 is 1.44. The normalized spacial score (nSPS) is 21.4. The second-order valence-corrected chi connectivity index (χ2v) is 20.1. The summed E-state index contributed by atoms with van der Waals surface area (Å²) in [5.41, 5.74) is 1.22. The fourth-order valence-electron chi connectivity index (χ4n) is 7.35. The molecule has 1 amide bonds. The van der Waals surface area contributed by atoms with E-state index in [2.05, 4.69) is 65.6 Å². The van der Waals surface area contributed by atoms with E-state index in [1.54, 1.807) is 4.68 Å². The Bertz CT molecular complexity index is 2050. The van der Waals surface area contributed by atoms with Gasteiger partial charge in [-0.15, -0.1) is 5.10 Å². The van der Waals surface area contributed by atoms with Crippen LogP contribution in [0, 0.1) is 11.6 Å². The van der Waals surface area contributed by atoms with E-state index in [1.807, 2.05) is 43.3 Å². The number of rotatable bonds is 13. The molecule has 5 atom stereocenters. The Hall–Kier alpha value is -4.28. The smallest absolute Gasteiger partial charge is 0.413 e. The largest absolute Gasteiger partial charge is 0.445 e. The third-order valence-electron chi connectivity index (χ3n) is 10.0. The van der Waals surface area contributed by atoms with E-state index < -0.39 is 50.4 Å². The topological polar surface area (TPSA) is 134 Å². The summed E-state index contributed by atoms with van der Waals surface area (Å²) in [5, 5.41) is 24.4. The van der Waals surface area contributed by atoms with Crippen molar-refractivity contribution in [1.82, 2.24) is 25.0 Å². The second kappa shape index (κ2) is 15.8. The molecule has 2 aromatic heterocycles. The second-order valence-electron chi connectivity index (χ2n) is 14.8. The van der Waals surface area contributed by atoms with E-state index in [4.69, 9.17) is 18.9 Å². The molecule has 0 unspecified atom stereocenters. The molecule has 15 heteroatoms. The van der Waals surface area contributed by atoms with Gasteiger partial charge in [0, 0.05) is 18.1 Å². The molecule has 3 heterocycles. The van der Waals surface area contributed by atoms with Gasteiger partial charge >= 0.3 is 6.09 Å². The molecule has 0 bridgehead atoms. The molecule has 54 heavy (non-hydrogen) atoms. The zero-order valence-electron chi connectivity index (χ0n) is 30.6. The first-order valence-electron chi connectivity index (χ1n) is 18.2. The van der Waals surface area contributed by atoms with Gasteiger partial charge in [0.05, 0.1) is 25.4 Å². The van der Waals surface area contributed by atoms with Gasteiger partial charge in [-0.1, -0.05) is 111 Å². The molecule has 7 rings (SSSR count). The van der Waals surface area contributed by atoms with Crippen molar-refractivity contribution < 1.29 is 32.6 Å². The summed E-state index contributed by atoms with van der Waals surface area (Å²) in [6.07, 6.45) is -0.449. The summed E-state index contributed by atoms with van der Waals surface area (Å²) in [6.45, 7) is 8.73. The van der Waals surface area contributed by atoms with Crippen molar-refractivity contribution >= 4 is 53.5 Å². The Balaban J connectivity index is 1.17. The Morgan fingerprint density at radius 3 is 2.35 bits per heavy atom. The van der Waals surface area contributed by atoms with Crippen LogP contribution in [0.1, 0.15) is 64.5 Å². The molecule has 0 spiro atoms. The maximum absolute atomic E-state index is 13.8. The highest BCUT2D eigenvalue weighted by molar-refractivity contribution is 7.99. The molecule has 2 aliphatic rings. The number of carbonyl (C=O) groups is 1. The van der Waals surface area contributed by atoms with Gasteiger partial charge in [0.25, 0.3) is 8.32 Å². The van der Waals surface area contributed by atoms with Crippen molar-refractivity contribution in [2.45, 2.75) is 87.4 Å². The fraction of sp³-hybridized carbons (Fsp3) is 0.410. The Morgan fingerprint density at radius 2 is 1.72 bits per heavy atom. The van der Waals surface area contributed by atoms with Crippen LogP contribution in [0.15, 0.2) is 84.0 Å². The molecule has 5 aromatic rings. The number of carbonyl (C=O) groups excluding carboxylic acids is 1. The summed E-state index contributed by atoms with van der Waals surface area (Å²) < 4.78 is 48.3. The first-order chi connectivity index (χ1) is 26.0. The Kier molecular flexibility index (Phi) is 11.1. The van der Waals surface area contributed by atoms with E-state index in [-0.39, 0.29) is 35.5 Å². The number of aromatic nitrogens is 5. The number of amides is 1. The average Bonchev–Trinajstić information content (AvgIpc) is 3.58. The average molecular weight is 775 g/mol. The van der Waals surface area contributed by atoms with E-state index in [0.29, 0.717) is 29.2 Å². The van der Waals surface area contributed by atoms with Crippen LogP contribution in [-0.2, 0) is 13.9 Å². The molecule has 1 aliphatic heterocycles. The van der Waals surface area contributed by atoms with Crippen molar-refractivity contribution in [2.75, 3.05) is 24.3 Å². The minimum atomic E-state index is -2.92. The monoisotopic (exact) mass is 774 g/mol. The minimum Gasteiger partial charge on any atom is -0.445 e. The molecule has 1 aliphatic carbocycles. The molecule has 11 nitrogen and oxygen atoms in total. The van der Waals surface area contributed by atoms with Gasteiger partial charge in [-0.05, 0) is 45.9 Å². The van der Waals surface area contributed by atoms with Crippen LogP contribution < -0.4 is 15.7 Å². The standard InChI is InChI=1S/C39H44F2N6O5SSi/c1-5-18-53-37-42-35(43-38(49)52-32-21-28(32)24-16-17-29(40)30(41)19-24)34-36(44-37)47(46-45-34)31-20-25(22-48)51-33(31)23-50-54(39(2,3)4,26-12-8-6-9-13-26)27-14-10-7-11-15-27/h6-17,19,25,28,31-33,48H,5,18,20-23H2,1-4H3,(H,42,43,44,49)/t25-,28+,31-,32-,33+/m1/s1. The predicted molar refractivity (Wildman–Crippen MR) is 205 cm³/mol. The molecular formula is C39H44F2N6O5SSi. The summed E-state index contributed by atoms with van der Waals surface area (Å²) in [5.74, 6) is -1.24. The zero-order valence-corrected chi connectivity index (χ0v) is 32.4. The van der Waals surface area contributed by atoms with Gasteiger partial charge in [-0.3, -0.25) is 5.32 Å². The highest BCUT2D eigenvalue weighted by atomic mass is 32.2. The number of benzene rings is 3. The maximum Gasteiger partial charge on any atom is 0.413 e. The van der Waals surface area contributed by atoms with Crippen LogP contribution in [0.2, 0.25) is 5.04 Å². The lowest BCUT2D eigenvalue weighted by atomic mass is 10.1. The van der Waals surface area contributed by atoms with Crippen molar-refractivity contribution in [2.24, 2.45) is 0 Å². The van der Waals surface area contributed by atoms with Gasteiger partial charge in [0.1, 0.15) is 12.2 Å². The third-order valence-corrected chi connectivity index (χ3v) is 16.1. The van der Waals surface area contributed by atoms with Gasteiger partial charge in [0.15, 0.2) is 33.8 Å². The molecule has 1 saturated carbocycles. The quantitative estimate of drug-likeness (QED) is 0.0790. The van der Waals surface area contributed by atoms with Crippen LogP contribution >= 0.6 is 11.8 Å². The van der Waals surface area contributed by atoms with E-state index >= 15 is 0 Å². The first kappa shape index (κ1) is 38.0. The van der Waals surface area contributed by atoms with Crippen molar-refractivity contribution in [3.05, 3.63) is 96.1 Å². The molecule has 284 valence electrons. The van der Waals surface area contributed by atoms with Crippen molar-refractivity contribution in [3.63, 3.8) is 0 Å². The van der Waals surface area contributed by atoms with Gasteiger partial charge in [0.2, 0.25) is 0 Å². The lowest BCUT2D eigenvalue weighted by Crippen LogP contribution is -2.67. The molecule has 2 fully saturated rings. The third kappa shape index (κ3) is 7.64. The lowest BCUT2D eigenvalue weighted by Gasteiger charge is -2.43. The number of ether oxygens (including phenoxy) is 2. The van der Waals surface area contributed by atoms with Gasteiger partial charge in [-0.25, -0.2) is 28.2 Å². The van der Waals surface area contributed by atoms with Crippen molar-refractivity contribution in [1.29, 1.82) is 0 Å². The number of aliphatic hydroxyl groups is 1. The van der Waals surface area contributed by atoms with Crippen LogP contribution in [0.25, 0.3) is 11.2 Å². The number of hydrogen-bond acceptors (Lipinski definition) is 10. The summed E-state index contributed by atoms with van der Waals surface area (Å²) in [4.78, 5) is 22.6. The molecule has 2 N–H and O–H groups in total. The van der Waals surface area contributed by atoms with E-state index in [1.165, 1.54) is 17.8 Å². The Morgan fingerprint density at radius 1 is 1.02 bits per heavy atom. The number of halogens is 2. The van der Waals surface area contributed by atoms with Crippen LogP contribution in [0.4, 0.5) is 19.4 Å². The number of nitrogens with zero attached hydrogens (tertiary/aromatic N) is 5. The Labute approximate surface area is 318 Å². The number of thioether (sulfide) groups is 1. The van der Waals surface area contributed by atoms with Gasteiger partial charge < -0.3 is 19.0 Å². The minimum absolute atomic E-state index is 0.137. The number of hydrogen-bond donors (Lipinski definition) is 2. The molecule has 0 radical (unpaired) electrons. The number of nitrogens with one attached hydrogen (secondary N) is 1. The maximum atomic E-state index is 13.8. The zero-order chi connectivity index (χ0) is 38.0. The summed E-state index contributed by atoms with van der Waals surface area (Å²) in [7, 11) is -2.92. The predicted octanol–water partition coefficient (Wildman–Crippen LogP) is 6.37. The summed E-state index contributed by atoms with van der Waals surface area (Å²) in [6, 6.07) is 24.0. The highest BCUT2D eigenvalue weighted by Gasteiger charge is 2.51. The van der Waals surface area contributed by atoms with E-state index in [0.717, 1.165) is 34.7 Å². The molecule has 1 saturated heterocycles. The van der Waals surface area contributed by atoms with Gasteiger partial charge in [-0.2, -0.15) is 0 Å². The number of fused-ring (bicyclic) bond motifs is 1. The molecule has 3 aromatic carbocycles. The number of aliphatic hydroxyl groups excluding tert-OH is 1. The highest BCUT2D eigenvalue weighted by Crippen LogP contribution is 2.44. The van der Waals surface area contributed by atoms with Crippen LogP contribution in [-0.4, -0.2) is 81.8 Å². The number of anilines is 1. The molecular weight excluding hydrogens is 731 g/mol. The fourth-order valence-corrected chi connectivity index (χ4v) is 12.6. The first-order valence-corrected chi connectivity index (χ1v) is 21.1. The SMILES string of the molecule is CCCSc1nc(NC(=O)O[C@@H]2C[C@H]2c2ccc(F)c(F)c2)c2nnn([C@@H]3C[C@H](CO)O[C@H]3CO[Si](c3ccccc3)(c3ccccc3)C(C)(C)C)c2n1. The van der Waals surface area contributed by atoms with Crippen LogP contribution in [0.3, 0.4) is 0 Å². The van der Waals surface area contributed by atoms with Crippen molar-refractivity contribution in [3.8, 4) is 0 Å². The van der Waals surface area contributed by atoms with Crippen LogP contribution in [0.5, 0.6) is 0 Å². The van der Waals surface area contributed by atoms with E-state index in [9.17, 15) is 18.7 Å².